The Balaban J connectivity index is 1.59. The standard InChI is InChI=1S/C19H28N4O/c1-19(2)7-5-13(6-8-19)18-16(20)3-4-17(22-18)23-9-14-11-24-12-15(10-23)21-14/h3-5,14-15,21H,6-12,20H2,1-2H3. The number of hydrogen-bond acceptors (Lipinski definition) is 5. The predicted octanol–water partition coefficient (Wildman–Crippen LogP) is 2.43. The summed E-state index contributed by atoms with van der Waals surface area (Å²) in [6, 6.07) is 4.88. The van der Waals surface area contributed by atoms with Crippen LogP contribution in [0.5, 0.6) is 0 Å². The van der Waals surface area contributed by atoms with Gasteiger partial charge in [-0.25, -0.2) is 4.98 Å². The molecular formula is C19H28N4O. The zero-order valence-corrected chi connectivity index (χ0v) is 14.7. The van der Waals surface area contributed by atoms with Gasteiger partial charge in [-0.3, -0.25) is 0 Å². The molecule has 0 aromatic carbocycles. The minimum absolute atomic E-state index is 0.395. The van der Waals surface area contributed by atoms with Crippen molar-refractivity contribution in [1.82, 2.24) is 10.3 Å². The smallest absolute Gasteiger partial charge is 0.129 e. The third kappa shape index (κ3) is 3.15. The van der Waals surface area contributed by atoms with Crippen molar-refractivity contribution in [3.8, 4) is 0 Å². The first-order valence-corrected chi connectivity index (χ1v) is 9.05. The largest absolute Gasteiger partial charge is 0.397 e. The number of allylic oxidation sites excluding steroid dienone is 2. The van der Waals surface area contributed by atoms with Crippen LogP contribution in [-0.2, 0) is 4.74 Å². The fourth-order valence-electron chi connectivity index (χ4n) is 3.97. The Morgan fingerprint density at radius 1 is 1.25 bits per heavy atom. The van der Waals surface area contributed by atoms with Gasteiger partial charge in [0.05, 0.1) is 24.6 Å². The van der Waals surface area contributed by atoms with Gasteiger partial charge in [0.2, 0.25) is 0 Å². The Morgan fingerprint density at radius 3 is 2.67 bits per heavy atom. The topological polar surface area (TPSA) is 63.4 Å². The third-order valence-corrected chi connectivity index (χ3v) is 5.50. The molecule has 0 spiro atoms. The number of aromatic nitrogens is 1. The van der Waals surface area contributed by atoms with E-state index >= 15 is 0 Å². The van der Waals surface area contributed by atoms with E-state index in [1.807, 2.05) is 6.07 Å². The van der Waals surface area contributed by atoms with Crippen molar-refractivity contribution in [1.29, 1.82) is 0 Å². The van der Waals surface area contributed by atoms with Crippen LogP contribution >= 0.6 is 0 Å². The van der Waals surface area contributed by atoms with Crippen molar-refractivity contribution < 1.29 is 4.74 Å². The summed E-state index contributed by atoms with van der Waals surface area (Å²) in [6.07, 6.45) is 5.70. The third-order valence-electron chi connectivity index (χ3n) is 5.50. The second-order valence-electron chi connectivity index (χ2n) is 8.21. The second kappa shape index (κ2) is 6.05. The number of ether oxygens (including phenoxy) is 1. The van der Waals surface area contributed by atoms with Crippen LogP contribution in [0.15, 0.2) is 18.2 Å². The quantitative estimate of drug-likeness (QED) is 0.873. The average molecular weight is 328 g/mol. The lowest BCUT2D eigenvalue weighted by molar-refractivity contribution is 0.0374. The first kappa shape index (κ1) is 15.9. The van der Waals surface area contributed by atoms with Crippen LogP contribution < -0.4 is 16.0 Å². The summed E-state index contributed by atoms with van der Waals surface area (Å²) < 4.78 is 5.64. The van der Waals surface area contributed by atoms with E-state index in [-0.39, 0.29) is 0 Å². The number of fused-ring (bicyclic) bond motifs is 2. The maximum atomic E-state index is 6.26. The lowest BCUT2D eigenvalue weighted by atomic mass is 9.77. The highest BCUT2D eigenvalue weighted by Crippen LogP contribution is 2.39. The fourth-order valence-corrected chi connectivity index (χ4v) is 3.97. The molecule has 0 saturated carbocycles. The molecule has 3 N–H and O–H groups in total. The molecule has 3 heterocycles. The number of piperazine rings is 1. The average Bonchev–Trinajstić information content (AvgIpc) is 2.55. The van der Waals surface area contributed by atoms with Crippen molar-refractivity contribution in [2.75, 3.05) is 36.9 Å². The molecule has 0 amide bonds. The Hall–Kier alpha value is -1.59. The monoisotopic (exact) mass is 328 g/mol. The maximum Gasteiger partial charge on any atom is 0.129 e. The van der Waals surface area contributed by atoms with Crippen LogP contribution in [0.25, 0.3) is 5.57 Å². The molecule has 130 valence electrons. The van der Waals surface area contributed by atoms with Crippen molar-refractivity contribution >= 4 is 17.1 Å². The van der Waals surface area contributed by atoms with Crippen molar-refractivity contribution in [2.24, 2.45) is 5.41 Å². The maximum absolute atomic E-state index is 6.26. The fraction of sp³-hybridized carbons (Fsp3) is 0.632. The molecular weight excluding hydrogens is 300 g/mol. The predicted molar refractivity (Wildman–Crippen MR) is 98.0 cm³/mol. The van der Waals surface area contributed by atoms with Crippen LogP contribution in [0, 0.1) is 5.41 Å². The number of anilines is 2. The van der Waals surface area contributed by atoms with Crippen LogP contribution in [0.3, 0.4) is 0 Å². The van der Waals surface area contributed by atoms with E-state index in [9.17, 15) is 0 Å². The van der Waals surface area contributed by atoms with Crippen molar-refractivity contribution in [2.45, 2.75) is 45.2 Å². The summed E-state index contributed by atoms with van der Waals surface area (Å²) in [5.74, 6) is 1.04. The van der Waals surface area contributed by atoms with Gasteiger partial charge in [0.15, 0.2) is 0 Å². The second-order valence-corrected chi connectivity index (χ2v) is 8.21. The van der Waals surface area contributed by atoms with E-state index in [4.69, 9.17) is 15.5 Å². The summed E-state index contributed by atoms with van der Waals surface area (Å²) in [7, 11) is 0. The molecule has 2 bridgehead atoms. The molecule has 2 unspecified atom stereocenters. The van der Waals surface area contributed by atoms with Gasteiger partial charge in [0, 0.05) is 25.2 Å². The van der Waals surface area contributed by atoms with Gasteiger partial charge in [0.1, 0.15) is 5.82 Å². The van der Waals surface area contributed by atoms with Crippen LogP contribution in [0.2, 0.25) is 0 Å². The number of nitrogens with zero attached hydrogens (tertiary/aromatic N) is 2. The van der Waals surface area contributed by atoms with E-state index in [0.717, 1.165) is 56.3 Å². The van der Waals surface area contributed by atoms with Crippen LogP contribution in [0.4, 0.5) is 11.5 Å². The van der Waals surface area contributed by atoms with E-state index in [2.05, 4.69) is 36.2 Å². The Labute approximate surface area is 144 Å². The summed E-state index contributed by atoms with van der Waals surface area (Å²) >= 11 is 0. The highest BCUT2D eigenvalue weighted by Gasteiger charge is 2.31. The molecule has 0 radical (unpaired) electrons. The molecule has 3 aliphatic rings. The van der Waals surface area contributed by atoms with E-state index in [0.29, 0.717) is 17.5 Å². The number of nitrogens with one attached hydrogen (secondary N) is 1. The molecule has 5 heteroatoms. The summed E-state index contributed by atoms with van der Waals surface area (Å²) in [4.78, 5) is 7.34. The van der Waals surface area contributed by atoms with Gasteiger partial charge < -0.3 is 20.7 Å². The normalized spacial score (nSPS) is 29.2. The van der Waals surface area contributed by atoms with Crippen molar-refractivity contribution in [3.63, 3.8) is 0 Å². The number of morpholine rings is 1. The first-order valence-electron chi connectivity index (χ1n) is 9.05. The first-order chi connectivity index (χ1) is 11.5. The number of rotatable bonds is 2. The molecule has 24 heavy (non-hydrogen) atoms. The molecule has 1 aromatic heterocycles. The molecule has 2 atom stereocenters. The van der Waals surface area contributed by atoms with Gasteiger partial charge in [-0.05, 0) is 42.4 Å². The van der Waals surface area contributed by atoms with E-state index in [1.54, 1.807) is 0 Å². The Morgan fingerprint density at radius 2 is 2.00 bits per heavy atom. The molecule has 1 aliphatic carbocycles. The van der Waals surface area contributed by atoms with E-state index in [1.165, 1.54) is 12.0 Å². The van der Waals surface area contributed by atoms with Gasteiger partial charge in [-0.1, -0.05) is 19.9 Å². The summed E-state index contributed by atoms with van der Waals surface area (Å²) in [6.45, 7) is 8.12. The lowest BCUT2D eigenvalue weighted by Gasteiger charge is -2.42. The molecule has 1 aromatic rings. The van der Waals surface area contributed by atoms with Gasteiger partial charge >= 0.3 is 0 Å². The van der Waals surface area contributed by atoms with Crippen molar-refractivity contribution in [3.05, 3.63) is 23.9 Å². The van der Waals surface area contributed by atoms with Crippen LogP contribution in [-0.4, -0.2) is 43.4 Å². The molecule has 2 aliphatic heterocycles. The number of pyridine rings is 1. The Kier molecular flexibility index (Phi) is 4.01. The SMILES string of the molecule is CC1(C)CC=C(c2nc(N3CC4COCC(C3)N4)ccc2N)CC1. The number of hydrogen-bond donors (Lipinski definition) is 2. The molecule has 2 saturated heterocycles. The molecule has 4 rings (SSSR count). The zero-order valence-electron chi connectivity index (χ0n) is 14.7. The highest BCUT2D eigenvalue weighted by atomic mass is 16.5. The summed E-state index contributed by atoms with van der Waals surface area (Å²) in [5.41, 5.74) is 9.75. The number of nitrogens with two attached hydrogens (primary N) is 1. The minimum atomic E-state index is 0.395. The minimum Gasteiger partial charge on any atom is -0.397 e. The zero-order chi connectivity index (χ0) is 16.7. The Bertz CT molecular complexity index is 643. The summed E-state index contributed by atoms with van der Waals surface area (Å²) in [5, 5.41) is 3.62. The highest BCUT2D eigenvalue weighted by molar-refractivity contribution is 5.74. The van der Waals surface area contributed by atoms with Gasteiger partial charge in [-0.2, -0.15) is 0 Å². The van der Waals surface area contributed by atoms with Gasteiger partial charge in [-0.15, -0.1) is 0 Å². The van der Waals surface area contributed by atoms with Crippen LogP contribution in [0.1, 0.15) is 38.8 Å². The molecule has 5 nitrogen and oxygen atoms in total. The number of nitrogen functional groups attached to an aromatic ring is 1. The van der Waals surface area contributed by atoms with E-state index < -0.39 is 0 Å². The molecule has 2 fully saturated rings. The van der Waals surface area contributed by atoms with Gasteiger partial charge in [0.25, 0.3) is 0 Å². The lowest BCUT2D eigenvalue weighted by Crippen LogP contribution is -2.63.